The minimum atomic E-state index is -1.58. The predicted octanol–water partition coefficient (Wildman–Crippen LogP) is 1.21. The second-order valence-electron chi connectivity index (χ2n) is 4.37. The third-order valence-corrected chi connectivity index (χ3v) is 3.90. The normalized spacial score (nSPS) is 33.0. The van der Waals surface area contributed by atoms with Gasteiger partial charge >= 0.3 is 4.45 Å². The fourth-order valence-corrected chi connectivity index (χ4v) is 2.33. The minimum absolute atomic E-state index is 0.262. The van der Waals surface area contributed by atoms with Crippen LogP contribution in [0, 0.1) is 10.1 Å². The van der Waals surface area contributed by atoms with Crippen molar-refractivity contribution in [2.24, 2.45) is 0 Å². The molecule has 2 heterocycles. The van der Waals surface area contributed by atoms with Gasteiger partial charge in [0, 0.05) is 26.4 Å². The summed E-state index contributed by atoms with van der Waals surface area (Å²) in [7, 11) is 0. The Morgan fingerprint density at radius 2 is 1.95 bits per heavy atom. The number of benzene rings is 1. The molecule has 3 rings (SSSR count). The number of halogens is 1. The molecule has 1 aromatic carbocycles. The smallest absolute Gasteiger partial charge is 0.320 e. The molecule has 1 N–H and O–H groups in total. The number of anilines is 1. The van der Waals surface area contributed by atoms with Crippen molar-refractivity contribution in [3.05, 3.63) is 39.9 Å². The van der Waals surface area contributed by atoms with Crippen LogP contribution in [0.1, 0.15) is 5.56 Å². The number of para-hydroxylation sites is 1. The number of hydrogen-bond acceptors (Lipinski definition) is 5. The molecule has 1 spiro atoms. The van der Waals surface area contributed by atoms with E-state index in [0.717, 1.165) is 0 Å². The van der Waals surface area contributed by atoms with Gasteiger partial charge in [-0.2, -0.15) is 0 Å². The van der Waals surface area contributed by atoms with Gasteiger partial charge in [0.1, 0.15) is 13.2 Å². The van der Waals surface area contributed by atoms with E-state index < -0.39 is 21.1 Å². The zero-order valence-corrected chi connectivity index (χ0v) is 11.2. The average Bonchev–Trinajstić information content (AvgIpc) is 2.66. The Morgan fingerprint density at radius 1 is 1.32 bits per heavy atom. The van der Waals surface area contributed by atoms with Crippen molar-refractivity contribution in [3.63, 3.8) is 0 Å². The van der Waals surface area contributed by atoms with Crippen LogP contribution < -0.4 is 5.32 Å². The Balaban J connectivity index is 1.95. The SMILES string of the molecule is O=C1Nc2ccccc2C12OCC(Br)([N+](=O)[O-])CO2. The third-order valence-electron chi connectivity index (χ3n) is 3.15. The number of amides is 1. The van der Waals surface area contributed by atoms with Crippen molar-refractivity contribution in [1.29, 1.82) is 0 Å². The third kappa shape index (κ3) is 1.67. The summed E-state index contributed by atoms with van der Waals surface area (Å²) in [5.74, 6) is -2.05. The van der Waals surface area contributed by atoms with Gasteiger partial charge in [-0.3, -0.25) is 14.9 Å². The lowest BCUT2D eigenvalue weighted by Gasteiger charge is -2.35. The summed E-state index contributed by atoms with van der Waals surface area (Å²) in [6.07, 6.45) is 0. The van der Waals surface area contributed by atoms with E-state index in [1.807, 2.05) is 0 Å². The summed E-state index contributed by atoms with van der Waals surface area (Å²) in [4.78, 5) is 22.4. The average molecular weight is 329 g/mol. The summed E-state index contributed by atoms with van der Waals surface area (Å²) in [6, 6.07) is 6.93. The summed E-state index contributed by atoms with van der Waals surface area (Å²) < 4.78 is 9.32. The van der Waals surface area contributed by atoms with E-state index in [0.29, 0.717) is 11.3 Å². The van der Waals surface area contributed by atoms with Crippen LogP contribution >= 0.6 is 15.9 Å². The molecule has 0 unspecified atom stereocenters. The number of alkyl halides is 1. The van der Waals surface area contributed by atoms with Crippen LogP contribution in [0.2, 0.25) is 0 Å². The lowest BCUT2D eigenvalue weighted by Crippen LogP contribution is -2.55. The van der Waals surface area contributed by atoms with Gasteiger partial charge in [0.05, 0.1) is 5.69 Å². The van der Waals surface area contributed by atoms with E-state index in [2.05, 4.69) is 21.2 Å². The second-order valence-corrected chi connectivity index (χ2v) is 5.84. The number of fused-ring (bicyclic) bond motifs is 2. The minimum Gasteiger partial charge on any atom is -0.330 e. The maximum Gasteiger partial charge on any atom is 0.320 e. The van der Waals surface area contributed by atoms with Gasteiger partial charge in [-0.1, -0.05) is 18.2 Å². The first-order valence-electron chi connectivity index (χ1n) is 5.50. The molecule has 19 heavy (non-hydrogen) atoms. The Kier molecular flexibility index (Phi) is 2.63. The molecule has 100 valence electrons. The van der Waals surface area contributed by atoms with Crippen LogP contribution in [0.15, 0.2) is 24.3 Å². The molecular weight excluding hydrogens is 320 g/mol. The lowest BCUT2D eigenvalue weighted by molar-refractivity contribution is -0.560. The highest BCUT2D eigenvalue weighted by Crippen LogP contribution is 2.44. The first kappa shape index (κ1) is 12.5. The molecule has 0 radical (unpaired) electrons. The Hall–Kier alpha value is -1.51. The fourth-order valence-electron chi connectivity index (χ4n) is 2.11. The van der Waals surface area contributed by atoms with Crippen LogP contribution in [0.4, 0.5) is 5.69 Å². The molecule has 0 aliphatic carbocycles. The maximum atomic E-state index is 12.0. The summed E-state index contributed by atoms with van der Waals surface area (Å²) in [6.45, 7) is -0.524. The van der Waals surface area contributed by atoms with Crippen LogP contribution in [0.25, 0.3) is 0 Å². The van der Waals surface area contributed by atoms with Gasteiger partial charge in [0.25, 0.3) is 11.7 Å². The van der Waals surface area contributed by atoms with Crippen LogP contribution in [0.3, 0.4) is 0 Å². The number of nitro groups is 1. The number of ether oxygens (including phenoxy) is 2. The van der Waals surface area contributed by atoms with Crippen molar-refractivity contribution in [2.45, 2.75) is 10.2 Å². The maximum absolute atomic E-state index is 12.0. The molecular formula is C11H9BrN2O5. The van der Waals surface area contributed by atoms with Crippen molar-refractivity contribution >= 4 is 27.5 Å². The summed E-state index contributed by atoms with van der Waals surface area (Å²) >= 11 is 2.97. The van der Waals surface area contributed by atoms with Gasteiger partial charge in [-0.15, -0.1) is 0 Å². The molecule has 0 aromatic heterocycles. The first-order valence-corrected chi connectivity index (χ1v) is 6.29. The highest BCUT2D eigenvalue weighted by Gasteiger charge is 2.58. The van der Waals surface area contributed by atoms with Crippen LogP contribution in [0.5, 0.6) is 0 Å². The molecule has 7 nitrogen and oxygen atoms in total. The fraction of sp³-hybridized carbons (Fsp3) is 0.364. The summed E-state index contributed by atoms with van der Waals surface area (Å²) in [5, 5.41) is 13.5. The number of nitrogens with one attached hydrogen (secondary N) is 1. The number of carbonyl (C=O) groups excluding carboxylic acids is 1. The van der Waals surface area contributed by atoms with E-state index in [1.54, 1.807) is 24.3 Å². The number of hydrogen-bond donors (Lipinski definition) is 1. The van der Waals surface area contributed by atoms with Crippen molar-refractivity contribution < 1.29 is 19.2 Å². The quantitative estimate of drug-likeness (QED) is 0.362. The molecule has 1 aromatic rings. The second kappa shape index (κ2) is 3.99. The van der Waals surface area contributed by atoms with E-state index in [4.69, 9.17) is 9.47 Å². The largest absolute Gasteiger partial charge is 0.330 e. The van der Waals surface area contributed by atoms with Gasteiger partial charge in [0.2, 0.25) is 0 Å². The molecule has 8 heteroatoms. The molecule has 1 fully saturated rings. The van der Waals surface area contributed by atoms with Gasteiger partial charge in [-0.25, -0.2) is 0 Å². The van der Waals surface area contributed by atoms with Gasteiger partial charge in [-0.05, 0) is 6.07 Å². The molecule has 0 saturated carbocycles. The number of rotatable bonds is 1. The Morgan fingerprint density at radius 3 is 2.58 bits per heavy atom. The van der Waals surface area contributed by atoms with Crippen molar-refractivity contribution in [2.75, 3.05) is 18.5 Å². The number of nitrogens with zero attached hydrogens (tertiary/aromatic N) is 1. The molecule has 1 amide bonds. The molecule has 2 aliphatic heterocycles. The topological polar surface area (TPSA) is 90.7 Å². The van der Waals surface area contributed by atoms with Gasteiger partial charge in [0.15, 0.2) is 0 Å². The predicted molar refractivity (Wildman–Crippen MR) is 67.3 cm³/mol. The van der Waals surface area contributed by atoms with E-state index in [1.165, 1.54) is 0 Å². The zero-order valence-electron chi connectivity index (χ0n) is 9.59. The first-order chi connectivity index (χ1) is 8.98. The molecule has 0 atom stereocenters. The number of carbonyl (C=O) groups is 1. The molecule has 0 bridgehead atoms. The van der Waals surface area contributed by atoms with E-state index in [-0.39, 0.29) is 13.2 Å². The summed E-state index contributed by atoms with van der Waals surface area (Å²) in [5.41, 5.74) is 1.13. The van der Waals surface area contributed by atoms with Crippen LogP contribution in [-0.2, 0) is 20.1 Å². The van der Waals surface area contributed by atoms with E-state index in [9.17, 15) is 14.9 Å². The Bertz CT molecular complexity index is 568. The highest BCUT2D eigenvalue weighted by molar-refractivity contribution is 9.10. The zero-order chi connectivity index (χ0) is 13.7. The van der Waals surface area contributed by atoms with Gasteiger partial charge < -0.3 is 14.8 Å². The van der Waals surface area contributed by atoms with E-state index >= 15 is 0 Å². The van der Waals surface area contributed by atoms with Crippen molar-refractivity contribution in [1.82, 2.24) is 0 Å². The Labute approximate surface area is 116 Å². The lowest BCUT2D eigenvalue weighted by atomic mass is 10.1. The van der Waals surface area contributed by atoms with Crippen molar-refractivity contribution in [3.8, 4) is 0 Å². The van der Waals surface area contributed by atoms with Crippen LogP contribution in [-0.4, -0.2) is 28.5 Å². The standard InChI is InChI=1S/C11H9BrN2O5/c12-10(14(16)17)5-18-11(19-6-10)7-3-1-2-4-8(7)13-9(11)15/h1-4H,5-6H2,(H,13,15). The molecule has 2 aliphatic rings. The molecule has 1 saturated heterocycles. The monoisotopic (exact) mass is 328 g/mol. The highest BCUT2D eigenvalue weighted by atomic mass is 79.9.